The first kappa shape index (κ1) is 24.2. The van der Waals surface area contributed by atoms with Gasteiger partial charge in [0, 0.05) is 66.3 Å². The second-order valence-corrected chi connectivity index (χ2v) is 10.5. The highest BCUT2D eigenvalue weighted by Crippen LogP contribution is 2.37. The molecule has 38 heavy (non-hydrogen) atoms. The molecule has 7 nitrogen and oxygen atoms in total. The first-order chi connectivity index (χ1) is 18.5. The lowest BCUT2D eigenvalue weighted by Gasteiger charge is -2.34. The number of nitrogens with zero attached hydrogens (tertiary/aromatic N) is 6. The van der Waals surface area contributed by atoms with E-state index < -0.39 is 0 Å². The normalized spacial score (nSPS) is 14.5. The number of hydrogen-bond acceptors (Lipinski definition) is 7. The quantitative estimate of drug-likeness (QED) is 0.288. The molecular weight excluding hydrogens is 470 g/mol. The summed E-state index contributed by atoms with van der Waals surface area (Å²) >= 11 is 0. The second kappa shape index (κ2) is 9.99. The van der Waals surface area contributed by atoms with Gasteiger partial charge in [-0.25, -0.2) is 15.0 Å². The van der Waals surface area contributed by atoms with Crippen LogP contribution in [0.4, 0.5) is 17.3 Å². The highest BCUT2D eigenvalue weighted by atomic mass is 15.2. The molecule has 4 heterocycles. The van der Waals surface area contributed by atoms with Crippen LogP contribution in [0.25, 0.3) is 33.1 Å². The molecule has 3 aromatic heterocycles. The van der Waals surface area contributed by atoms with Crippen LogP contribution in [0.3, 0.4) is 0 Å². The molecule has 5 aromatic rings. The van der Waals surface area contributed by atoms with E-state index in [1.165, 1.54) is 22.4 Å². The lowest BCUT2D eigenvalue weighted by atomic mass is 9.90. The van der Waals surface area contributed by atoms with Gasteiger partial charge in [0.05, 0.1) is 11.9 Å². The van der Waals surface area contributed by atoms with Crippen LogP contribution >= 0.6 is 0 Å². The van der Waals surface area contributed by atoms with Crippen LogP contribution in [0.5, 0.6) is 0 Å². The van der Waals surface area contributed by atoms with Crippen LogP contribution in [0.1, 0.15) is 30.9 Å². The molecule has 0 unspecified atom stereocenters. The summed E-state index contributed by atoms with van der Waals surface area (Å²) in [4.78, 5) is 23.8. The summed E-state index contributed by atoms with van der Waals surface area (Å²) in [5, 5.41) is 5.40. The Kier molecular flexibility index (Phi) is 6.37. The number of nitrogens with one attached hydrogen (secondary N) is 1. The molecule has 0 amide bonds. The molecule has 0 saturated carbocycles. The van der Waals surface area contributed by atoms with Crippen molar-refractivity contribution in [2.24, 2.45) is 0 Å². The van der Waals surface area contributed by atoms with E-state index in [2.05, 4.69) is 95.4 Å². The number of benzene rings is 2. The summed E-state index contributed by atoms with van der Waals surface area (Å²) in [5.41, 5.74) is 8.39. The Hall–Kier alpha value is -4.10. The van der Waals surface area contributed by atoms with E-state index in [0.29, 0.717) is 11.9 Å². The maximum absolute atomic E-state index is 5.10. The molecule has 1 aliphatic heterocycles. The average molecular weight is 504 g/mol. The Balaban J connectivity index is 1.36. The second-order valence-electron chi connectivity index (χ2n) is 10.5. The zero-order valence-corrected chi connectivity index (χ0v) is 22.4. The molecule has 2 aromatic carbocycles. The third-order valence-electron chi connectivity index (χ3n) is 7.49. The van der Waals surface area contributed by atoms with Gasteiger partial charge in [-0.1, -0.05) is 32.0 Å². The van der Waals surface area contributed by atoms with E-state index in [1.807, 2.05) is 24.7 Å². The molecule has 1 fully saturated rings. The number of rotatable bonds is 5. The maximum atomic E-state index is 5.10. The highest BCUT2D eigenvalue weighted by molar-refractivity contribution is 6.09. The zero-order chi connectivity index (χ0) is 26.2. The van der Waals surface area contributed by atoms with E-state index >= 15 is 0 Å². The van der Waals surface area contributed by atoms with E-state index in [1.54, 1.807) is 0 Å². The standard InChI is InChI=1S/C31H33N7/c1-20(2)24-7-5-6-21(3)28(24)30-25-12-13-32-18-26(25)29-27(35-30)19-33-31(36-29)34-22-8-10-23(11-9-22)38-16-14-37(4)15-17-38/h5-13,18-20H,14-17H2,1-4H3,(H,33,34,36). The van der Waals surface area contributed by atoms with Gasteiger partial charge in [-0.05, 0) is 61.3 Å². The van der Waals surface area contributed by atoms with Crippen molar-refractivity contribution in [3.05, 3.63) is 78.2 Å². The lowest BCUT2D eigenvalue weighted by Crippen LogP contribution is -2.44. The van der Waals surface area contributed by atoms with Gasteiger partial charge in [-0.15, -0.1) is 0 Å². The summed E-state index contributed by atoms with van der Waals surface area (Å²) in [5.74, 6) is 0.924. The zero-order valence-electron chi connectivity index (χ0n) is 22.4. The fraction of sp³-hybridized carbons (Fsp3) is 0.290. The first-order valence-corrected chi connectivity index (χ1v) is 13.3. The Morgan fingerprint density at radius 3 is 2.42 bits per heavy atom. The Labute approximate surface area is 223 Å². The molecule has 0 radical (unpaired) electrons. The minimum atomic E-state index is 0.379. The molecule has 0 aliphatic carbocycles. The summed E-state index contributed by atoms with van der Waals surface area (Å²) in [6.45, 7) is 10.9. The first-order valence-electron chi connectivity index (χ1n) is 13.3. The van der Waals surface area contributed by atoms with E-state index in [9.17, 15) is 0 Å². The third kappa shape index (κ3) is 4.54. The number of hydrogen-bond donors (Lipinski definition) is 1. The Morgan fingerprint density at radius 1 is 0.868 bits per heavy atom. The van der Waals surface area contributed by atoms with Gasteiger partial charge in [0.2, 0.25) is 5.95 Å². The number of anilines is 3. The molecule has 192 valence electrons. The number of pyridine rings is 2. The van der Waals surface area contributed by atoms with Crippen LogP contribution in [0.2, 0.25) is 0 Å². The number of fused-ring (bicyclic) bond motifs is 3. The smallest absolute Gasteiger partial charge is 0.227 e. The van der Waals surface area contributed by atoms with Crippen molar-refractivity contribution in [3.63, 3.8) is 0 Å². The topological polar surface area (TPSA) is 70.1 Å². The van der Waals surface area contributed by atoms with E-state index in [4.69, 9.17) is 9.97 Å². The summed E-state index contributed by atoms with van der Waals surface area (Å²) in [7, 11) is 2.18. The number of aryl methyl sites for hydroxylation is 1. The van der Waals surface area contributed by atoms with Crippen LogP contribution in [0.15, 0.2) is 67.1 Å². The predicted octanol–water partition coefficient (Wildman–Crippen LogP) is 6.17. The summed E-state index contributed by atoms with van der Waals surface area (Å²) in [6, 6.07) is 17.0. The van der Waals surface area contributed by atoms with Crippen molar-refractivity contribution in [1.82, 2.24) is 24.8 Å². The monoisotopic (exact) mass is 503 g/mol. The van der Waals surface area contributed by atoms with Crippen molar-refractivity contribution in [2.75, 3.05) is 43.4 Å². The molecule has 0 atom stereocenters. The van der Waals surface area contributed by atoms with Gasteiger partial charge in [-0.3, -0.25) is 4.98 Å². The minimum Gasteiger partial charge on any atom is -0.369 e. The summed E-state index contributed by atoms with van der Waals surface area (Å²) < 4.78 is 0. The maximum Gasteiger partial charge on any atom is 0.227 e. The third-order valence-corrected chi connectivity index (χ3v) is 7.49. The largest absolute Gasteiger partial charge is 0.369 e. The van der Waals surface area contributed by atoms with E-state index in [0.717, 1.165) is 59.4 Å². The molecule has 1 N–H and O–H groups in total. The summed E-state index contributed by atoms with van der Waals surface area (Å²) in [6.07, 6.45) is 5.53. The predicted molar refractivity (Wildman–Crippen MR) is 156 cm³/mol. The van der Waals surface area contributed by atoms with Crippen LogP contribution in [-0.2, 0) is 0 Å². The van der Waals surface area contributed by atoms with Crippen LogP contribution in [-0.4, -0.2) is 58.1 Å². The lowest BCUT2D eigenvalue weighted by molar-refractivity contribution is 0.313. The van der Waals surface area contributed by atoms with Crippen molar-refractivity contribution in [3.8, 4) is 11.3 Å². The molecular formula is C31H33N7. The van der Waals surface area contributed by atoms with Crippen molar-refractivity contribution >= 4 is 39.1 Å². The fourth-order valence-corrected chi connectivity index (χ4v) is 5.32. The van der Waals surface area contributed by atoms with Crippen molar-refractivity contribution < 1.29 is 0 Å². The molecule has 0 bridgehead atoms. The SMILES string of the molecule is Cc1cccc(C(C)C)c1-c1nc2cnc(Nc3ccc(N4CCN(C)CC4)cc3)nc2c2cnccc12. The number of likely N-dealkylation sites (N-methyl/N-ethyl adjacent to an activating group) is 1. The molecule has 7 heteroatoms. The fourth-order valence-electron chi connectivity index (χ4n) is 5.32. The van der Waals surface area contributed by atoms with Gasteiger partial charge < -0.3 is 15.1 Å². The average Bonchev–Trinajstić information content (AvgIpc) is 2.93. The molecule has 1 saturated heterocycles. The molecule has 0 spiro atoms. The Bertz CT molecular complexity index is 1600. The number of aromatic nitrogens is 4. The van der Waals surface area contributed by atoms with Gasteiger partial charge >= 0.3 is 0 Å². The van der Waals surface area contributed by atoms with Crippen molar-refractivity contribution in [2.45, 2.75) is 26.7 Å². The highest BCUT2D eigenvalue weighted by Gasteiger charge is 2.18. The molecule has 1 aliphatic rings. The Morgan fingerprint density at radius 2 is 1.66 bits per heavy atom. The van der Waals surface area contributed by atoms with Crippen LogP contribution in [0, 0.1) is 6.92 Å². The molecule has 6 rings (SSSR count). The van der Waals surface area contributed by atoms with Gasteiger partial charge in [0.25, 0.3) is 0 Å². The minimum absolute atomic E-state index is 0.379. The van der Waals surface area contributed by atoms with Crippen LogP contribution < -0.4 is 10.2 Å². The van der Waals surface area contributed by atoms with Gasteiger partial charge in [-0.2, -0.15) is 0 Å². The number of piperazine rings is 1. The van der Waals surface area contributed by atoms with E-state index in [-0.39, 0.29) is 0 Å². The van der Waals surface area contributed by atoms with Gasteiger partial charge in [0.15, 0.2) is 0 Å². The van der Waals surface area contributed by atoms with Gasteiger partial charge in [0.1, 0.15) is 11.0 Å². The van der Waals surface area contributed by atoms with Crippen molar-refractivity contribution in [1.29, 1.82) is 0 Å².